The standard InChI is InChI=1S/C27H33ClN6O4S.C2H5NO/c1-16(2)39(36,37)22-12-8-7-11-20(22)31-25-23(28)24(29)33-27(34-25)32-19-14-13-17(15-21(19)38-3)26(35)30-18-9-5-4-6-10-18;1-2(3)4/h7-8,11-16,18H,4-6,9-10H2,1-3H3,(H,30,35)(H4,29,31,32,33,34);1H3,(H2,3,4). The molecule has 1 fully saturated rings. The van der Waals surface area contributed by atoms with Gasteiger partial charge in [-0.2, -0.15) is 9.97 Å². The average Bonchev–Trinajstić information content (AvgIpc) is 2.96. The Kier molecular flexibility index (Phi) is 11.6. The summed E-state index contributed by atoms with van der Waals surface area (Å²) in [5.74, 6) is 0.136. The Bertz CT molecular complexity index is 1560. The number of nitrogen functional groups attached to an aromatic ring is 1. The van der Waals surface area contributed by atoms with Crippen LogP contribution in [-0.2, 0) is 14.6 Å². The van der Waals surface area contributed by atoms with Gasteiger partial charge >= 0.3 is 0 Å². The molecule has 4 rings (SSSR count). The fourth-order valence-electron chi connectivity index (χ4n) is 4.37. The fraction of sp³-hybridized carbons (Fsp3) is 0.379. The van der Waals surface area contributed by atoms with Crippen molar-refractivity contribution in [1.82, 2.24) is 15.3 Å². The summed E-state index contributed by atoms with van der Waals surface area (Å²) in [6.07, 6.45) is 5.43. The van der Waals surface area contributed by atoms with Crippen LogP contribution in [0.5, 0.6) is 5.75 Å². The van der Waals surface area contributed by atoms with Crippen LogP contribution in [0.1, 0.15) is 63.2 Å². The van der Waals surface area contributed by atoms with Crippen LogP contribution in [0.2, 0.25) is 5.02 Å². The summed E-state index contributed by atoms with van der Waals surface area (Å²) < 4.78 is 31.3. The number of carbonyl (C=O) groups excluding carboxylic acids is 2. The Morgan fingerprint density at radius 3 is 2.30 bits per heavy atom. The summed E-state index contributed by atoms with van der Waals surface area (Å²) in [7, 11) is -2.08. The van der Waals surface area contributed by atoms with E-state index in [1.807, 2.05) is 0 Å². The summed E-state index contributed by atoms with van der Waals surface area (Å²) >= 11 is 6.38. The van der Waals surface area contributed by atoms with E-state index < -0.39 is 15.1 Å². The van der Waals surface area contributed by atoms with Crippen molar-refractivity contribution in [2.75, 3.05) is 23.5 Å². The van der Waals surface area contributed by atoms with Gasteiger partial charge < -0.3 is 32.2 Å². The number of hydrogen-bond acceptors (Lipinski definition) is 10. The lowest BCUT2D eigenvalue weighted by atomic mass is 9.95. The molecule has 1 aliphatic rings. The Hall–Kier alpha value is -4.10. The van der Waals surface area contributed by atoms with Crippen LogP contribution in [0.3, 0.4) is 0 Å². The number of amides is 2. The first kappa shape index (κ1) is 33.4. The third-order valence-corrected chi connectivity index (χ3v) is 9.18. The SMILES string of the molecule is CC(N)=O.COc1cc(C(=O)NC2CCCCC2)ccc1Nc1nc(N)c(Cl)c(Nc2ccccc2S(=O)(=O)C(C)C)n1. The molecule has 0 saturated heterocycles. The minimum Gasteiger partial charge on any atom is -0.495 e. The van der Waals surface area contributed by atoms with Gasteiger partial charge in [-0.3, -0.25) is 9.59 Å². The number of primary amides is 1. The molecule has 0 atom stereocenters. The molecule has 7 N–H and O–H groups in total. The number of anilines is 5. The van der Waals surface area contributed by atoms with Crippen LogP contribution in [0.4, 0.5) is 29.0 Å². The van der Waals surface area contributed by atoms with E-state index in [9.17, 15) is 18.0 Å². The number of rotatable bonds is 9. The quantitative estimate of drug-likeness (QED) is 0.216. The molecule has 1 aromatic heterocycles. The third kappa shape index (κ3) is 8.94. The zero-order valence-corrected chi connectivity index (χ0v) is 26.2. The second-order valence-corrected chi connectivity index (χ2v) is 13.1. The highest BCUT2D eigenvalue weighted by atomic mass is 35.5. The molecule has 2 aromatic carbocycles. The molecule has 12 nitrogen and oxygen atoms in total. The molecule has 3 aromatic rings. The van der Waals surface area contributed by atoms with Gasteiger partial charge in [-0.15, -0.1) is 0 Å². The minimum atomic E-state index is -3.58. The molecule has 43 heavy (non-hydrogen) atoms. The van der Waals surface area contributed by atoms with Crippen molar-refractivity contribution in [2.24, 2.45) is 5.73 Å². The van der Waals surface area contributed by atoms with E-state index in [1.165, 1.54) is 26.5 Å². The van der Waals surface area contributed by atoms with Crippen LogP contribution >= 0.6 is 11.6 Å². The van der Waals surface area contributed by atoms with E-state index in [1.54, 1.807) is 50.2 Å². The summed E-state index contributed by atoms with van der Waals surface area (Å²) in [6, 6.07) is 11.7. The Morgan fingerprint density at radius 1 is 1.02 bits per heavy atom. The second kappa shape index (κ2) is 14.9. The fourth-order valence-corrected chi connectivity index (χ4v) is 5.71. The monoisotopic (exact) mass is 631 g/mol. The number of sulfone groups is 1. The van der Waals surface area contributed by atoms with Crippen LogP contribution < -0.4 is 32.2 Å². The summed E-state index contributed by atoms with van der Waals surface area (Å²) in [5.41, 5.74) is 11.8. The van der Waals surface area contributed by atoms with Gasteiger partial charge in [-0.1, -0.05) is 43.0 Å². The van der Waals surface area contributed by atoms with E-state index in [4.69, 9.17) is 22.1 Å². The summed E-state index contributed by atoms with van der Waals surface area (Å²) in [4.78, 5) is 30.8. The van der Waals surface area contributed by atoms with Gasteiger partial charge in [0.2, 0.25) is 11.9 Å². The molecule has 0 bridgehead atoms. The molecule has 2 amide bonds. The van der Waals surface area contributed by atoms with Gasteiger partial charge in [0.1, 0.15) is 16.6 Å². The van der Waals surface area contributed by atoms with Gasteiger partial charge in [-0.05, 0) is 57.0 Å². The number of nitrogens with two attached hydrogens (primary N) is 2. The van der Waals surface area contributed by atoms with Crippen LogP contribution in [-0.4, -0.2) is 48.6 Å². The van der Waals surface area contributed by atoms with E-state index in [0.717, 1.165) is 25.7 Å². The zero-order valence-electron chi connectivity index (χ0n) is 24.6. The highest BCUT2D eigenvalue weighted by molar-refractivity contribution is 7.92. The number of aromatic nitrogens is 2. The predicted molar refractivity (Wildman–Crippen MR) is 169 cm³/mol. The van der Waals surface area contributed by atoms with Crippen molar-refractivity contribution >= 4 is 62.2 Å². The molecule has 1 saturated carbocycles. The minimum absolute atomic E-state index is 0.0108. The van der Waals surface area contributed by atoms with Gasteiger partial charge in [-0.25, -0.2) is 8.42 Å². The topological polar surface area (TPSA) is 191 Å². The molecule has 0 aliphatic heterocycles. The maximum atomic E-state index is 12.9. The number of hydrogen-bond donors (Lipinski definition) is 5. The Morgan fingerprint density at radius 2 is 1.67 bits per heavy atom. The maximum absolute atomic E-state index is 12.9. The summed E-state index contributed by atoms with van der Waals surface area (Å²) in [6.45, 7) is 4.53. The van der Waals surface area contributed by atoms with E-state index in [-0.39, 0.29) is 45.4 Å². The van der Waals surface area contributed by atoms with E-state index >= 15 is 0 Å². The maximum Gasteiger partial charge on any atom is 0.251 e. The van der Waals surface area contributed by atoms with Crippen molar-refractivity contribution in [1.29, 1.82) is 0 Å². The molecule has 0 radical (unpaired) electrons. The van der Waals surface area contributed by atoms with Crippen molar-refractivity contribution in [2.45, 2.75) is 69.1 Å². The Labute approximate surface area is 256 Å². The molecule has 0 spiro atoms. The highest BCUT2D eigenvalue weighted by Gasteiger charge is 2.24. The number of para-hydroxylation sites is 1. The number of nitrogens with zero attached hydrogens (tertiary/aromatic N) is 2. The molecule has 14 heteroatoms. The number of carbonyl (C=O) groups is 2. The molecule has 1 heterocycles. The zero-order chi connectivity index (χ0) is 31.7. The molecule has 1 aliphatic carbocycles. The number of ether oxygens (including phenoxy) is 1. The van der Waals surface area contributed by atoms with E-state index in [2.05, 4.69) is 31.7 Å². The molecule has 0 unspecified atom stereocenters. The van der Waals surface area contributed by atoms with Crippen LogP contribution in [0, 0.1) is 0 Å². The summed E-state index contributed by atoms with van der Waals surface area (Å²) in [5, 5.41) is 8.57. The van der Waals surface area contributed by atoms with Crippen molar-refractivity contribution in [3.05, 3.63) is 53.1 Å². The first-order chi connectivity index (χ1) is 20.3. The lowest BCUT2D eigenvalue weighted by Crippen LogP contribution is -2.36. The number of halogens is 1. The highest BCUT2D eigenvalue weighted by Crippen LogP contribution is 2.34. The number of benzene rings is 2. The van der Waals surface area contributed by atoms with Gasteiger partial charge in [0.15, 0.2) is 15.7 Å². The molecular formula is C29H38ClN7O5S. The Balaban J connectivity index is 0.00000119. The van der Waals surface area contributed by atoms with E-state index in [0.29, 0.717) is 22.7 Å². The van der Waals surface area contributed by atoms with Crippen molar-refractivity contribution < 1.29 is 22.7 Å². The van der Waals surface area contributed by atoms with Crippen molar-refractivity contribution in [3.8, 4) is 5.75 Å². The smallest absolute Gasteiger partial charge is 0.251 e. The number of nitrogens with one attached hydrogen (secondary N) is 3. The first-order valence-corrected chi connectivity index (χ1v) is 15.7. The predicted octanol–water partition coefficient (Wildman–Crippen LogP) is 4.94. The van der Waals surface area contributed by atoms with Gasteiger partial charge in [0.05, 0.1) is 28.6 Å². The van der Waals surface area contributed by atoms with Gasteiger partial charge in [0, 0.05) is 18.5 Å². The second-order valence-electron chi connectivity index (χ2n) is 10.3. The van der Waals surface area contributed by atoms with Crippen LogP contribution in [0.15, 0.2) is 47.4 Å². The molecule has 232 valence electrons. The normalized spacial score (nSPS) is 13.4. The lowest BCUT2D eigenvalue weighted by molar-refractivity contribution is -0.115. The largest absolute Gasteiger partial charge is 0.495 e. The van der Waals surface area contributed by atoms with Gasteiger partial charge in [0.25, 0.3) is 5.91 Å². The molecular weight excluding hydrogens is 594 g/mol. The lowest BCUT2D eigenvalue weighted by Gasteiger charge is -2.23. The third-order valence-electron chi connectivity index (χ3n) is 6.59. The van der Waals surface area contributed by atoms with Crippen molar-refractivity contribution in [3.63, 3.8) is 0 Å². The number of methoxy groups -OCH3 is 1. The first-order valence-electron chi connectivity index (χ1n) is 13.8. The average molecular weight is 632 g/mol. The van der Waals surface area contributed by atoms with Crippen LogP contribution in [0.25, 0.3) is 0 Å².